The van der Waals surface area contributed by atoms with E-state index in [1.165, 1.54) is 29.0 Å². The third-order valence-corrected chi connectivity index (χ3v) is 5.30. The molecule has 1 N–H and O–H groups in total. The summed E-state index contributed by atoms with van der Waals surface area (Å²) in [7, 11) is 0. The number of aromatic nitrogens is 1. The highest BCUT2D eigenvalue weighted by Crippen LogP contribution is 2.35. The van der Waals surface area contributed by atoms with Crippen molar-refractivity contribution in [2.45, 2.75) is 45.2 Å². The highest BCUT2D eigenvalue weighted by Gasteiger charge is 2.22. The molecule has 0 unspecified atom stereocenters. The normalized spacial score (nSPS) is 15.0. The van der Waals surface area contributed by atoms with Crippen molar-refractivity contribution < 1.29 is 0 Å². The van der Waals surface area contributed by atoms with Crippen LogP contribution in [-0.4, -0.2) is 11.0 Å². The largest absolute Gasteiger partial charge is 0.309 e. The molecule has 1 aliphatic rings. The van der Waals surface area contributed by atoms with Gasteiger partial charge in [-0.3, -0.25) is 0 Å². The molecule has 0 amide bonds. The van der Waals surface area contributed by atoms with E-state index in [1.807, 2.05) is 17.4 Å². The van der Waals surface area contributed by atoms with Gasteiger partial charge in [0, 0.05) is 27.5 Å². The standard InChI is InChI=1S/C16H19BrN2S/c1-10(2)15-14(9-18-11-7-8-11)20-16(19-15)12-5-3-4-6-13(12)17/h3-6,10-11,18H,7-9H2,1-2H3. The highest BCUT2D eigenvalue weighted by atomic mass is 79.9. The van der Waals surface area contributed by atoms with Gasteiger partial charge in [0.05, 0.1) is 5.69 Å². The van der Waals surface area contributed by atoms with Crippen LogP contribution in [0.4, 0.5) is 0 Å². The van der Waals surface area contributed by atoms with E-state index in [4.69, 9.17) is 4.98 Å². The molecule has 1 heterocycles. The number of hydrogen-bond acceptors (Lipinski definition) is 3. The molecule has 1 aromatic carbocycles. The average Bonchev–Trinajstić information content (AvgIpc) is 3.15. The van der Waals surface area contributed by atoms with Crippen LogP contribution < -0.4 is 5.32 Å². The van der Waals surface area contributed by atoms with Crippen LogP contribution in [0.3, 0.4) is 0 Å². The minimum atomic E-state index is 0.471. The third kappa shape index (κ3) is 3.13. The molecule has 4 heteroatoms. The van der Waals surface area contributed by atoms with Gasteiger partial charge in [0.25, 0.3) is 0 Å². The molecular formula is C16H19BrN2S. The van der Waals surface area contributed by atoms with Gasteiger partial charge in [0.1, 0.15) is 5.01 Å². The Kier molecular flexibility index (Phi) is 4.24. The molecule has 106 valence electrons. The molecular weight excluding hydrogens is 332 g/mol. The summed E-state index contributed by atoms with van der Waals surface area (Å²) in [6.07, 6.45) is 2.65. The lowest BCUT2D eigenvalue weighted by Crippen LogP contribution is -2.15. The lowest BCUT2D eigenvalue weighted by atomic mass is 10.1. The molecule has 1 aromatic heterocycles. The second kappa shape index (κ2) is 5.96. The van der Waals surface area contributed by atoms with Crippen LogP contribution in [0.25, 0.3) is 10.6 Å². The maximum atomic E-state index is 4.89. The van der Waals surface area contributed by atoms with Crippen molar-refractivity contribution in [2.75, 3.05) is 0 Å². The molecule has 2 nitrogen and oxygen atoms in total. The molecule has 1 saturated carbocycles. The van der Waals surface area contributed by atoms with E-state index in [0.29, 0.717) is 5.92 Å². The van der Waals surface area contributed by atoms with Crippen LogP contribution in [0, 0.1) is 0 Å². The van der Waals surface area contributed by atoms with E-state index in [2.05, 4.69) is 53.3 Å². The third-order valence-electron chi connectivity index (χ3n) is 3.51. The molecule has 3 rings (SSSR count). The van der Waals surface area contributed by atoms with E-state index >= 15 is 0 Å². The Morgan fingerprint density at radius 3 is 2.75 bits per heavy atom. The van der Waals surface area contributed by atoms with E-state index in [0.717, 1.165) is 22.1 Å². The van der Waals surface area contributed by atoms with Crippen LogP contribution in [-0.2, 0) is 6.54 Å². The van der Waals surface area contributed by atoms with Crippen molar-refractivity contribution in [3.63, 3.8) is 0 Å². The summed E-state index contributed by atoms with van der Waals surface area (Å²) in [5.74, 6) is 0.471. The predicted molar refractivity (Wildman–Crippen MR) is 89.2 cm³/mol. The number of nitrogens with zero attached hydrogens (tertiary/aromatic N) is 1. The molecule has 2 aromatic rings. The van der Waals surface area contributed by atoms with Crippen molar-refractivity contribution in [2.24, 2.45) is 0 Å². The molecule has 0 atom stereocenters. The fourth-order valence-electron chi connectivity index (χ4n) is 2.22. The van der Waals surface area contributed by atoms with Gasteiger partial charge in [-0.2, -0.15) is 0 Å². The minimum Gasteiger partial charge on any atom is -0.309 e. The first kappa shape index (κ1) is 14.2. The molecule has 20 heavy (non-hydrogen) atoms. The Morgan fingerprint density at radius 2 is 2.10 bits per heavy atom. The van der Waals surface area contributed by atoms with Gasteiger partial charge in [-0.1, -0.05) is 48.0 Å². The van der Waals surface area contributed by atoms with Crippen molar-refractivity contribution in [1.29, 1.82) is 0 Å². The second-order valence-electron chi connectivity index (χ2n) is 5.62. The Hall–Kier alpha value is -0.710. The van der Waals surface area contributed by atoms with Crippen molar-refractivity contribution in [1.82, 2.24) is 10.3 Å². The van der Waals surface area contributed by atoms with Gasteiger partial charge in [0.15, 0.2) is 0 Å². The SMILES string of the molecule is CC(C)c1nc(-c2ccccc2Br)sc1CNC1CC1. The lowest BCUT2D eigenvalue weighted by molar-refractivity contribution is 0.681. The monoisotopic (exact) mass is 350 g/mol. The van der Waals surface area contributed by atoms with Gasteiger partial charge in [-0.15, -0.1) is 11.3 Å². The van der Waals surface area contributed by atoms with Gasteiger partial charge in [-0.25, -0.2) is 4.98 Å². The average molecular weight is 351 g/mol. The molecule has 0 spiro atoms. The first-order chi connectivity index (χ1) is 9.65. The Morgan fingerprint density at radius 1 is 1.35 bits per heavy atom. The molecule has 1 fully saturated rings. The molecule has 0 saturated heterocycles. The summed E-state index contributed by atoms with van der Waals surface area (Å²) in [5, 5.41) is 4.73. The first-order valence-electron chi connectivity index (χ1n) is 7.13. The number of nitrogens with one attached hydrogen (secondary N) is 1. The van der Waals surface area contributed by atoms with Crippen LogP contribution >= 0.6 is 27.3 Å². The van der Waals surface area contributed by atoms with E-state index in [-0.39, 0.29) is 0 Å². The smallest absolute Gasteiger partial charge is 0.125 e. The van der Waals surface area contributed by atoms with Gasteiger partial charge < -0.3 is 5.32 Å². The van der Waals surface area contributed by atoms with Crippen molar-refractivity contribution in [3.8, 4) is 10.6 Å². The number of halogens is 1. The summed E-state index contributed by atoms with van der Waals surface area (Å²) in [6, 6.07) is 9.06. The summed E-state index contributed by atoms with van der Waals surface area (Å²) in [5.41, 5.74) is 2.44. The zero-order valence-electron chi connectivity index (χ0n) is 11.8. The van der Waals surface area contributed by atoms with Crippen molar-refractivity contribution in [3.05, 3.63) is 39.3 Å². The Balaban J connectivity index is 1.91. The maximum absolute atomic E-state index is 4.89. The van der Waals surface area contributed by atoms with Crippen LogP contribution in [0.5, 0.6) is 0 Å². The lowest BCUT2D eigenvalue weighted by Gasteiger charge is -2.05. The Bertz CT molecular complexity index is 602. The van der Waals surface area contributed by atoms with Gasteiger partial charge in [0.2, 0.25) is 0 Å². The highest BCUT2D eigenvalue weighted by molar-refractivity contribution is 9.10. The second-order valence-corrected chi connectivity index (χ2v) is 7.56. The fraction of sp³-hybridized carbons (Fsp3) is 0.438. The predicted octanol–water partition coefficient (Wildman–Crippen LogP) is 4.95. The number of rotatable bonds is 5. The number of hydrogen-bond donors (Lipinski definition) is 1. The molecule has 0 bridgehead atoms. The molecule has 0 aliphatic heterocycles. The number of thiazole rings is 1. The van der Waals surface area contributed by atoms with Gasteiger partial charge in [-0.05, 0) is 24.8 Å². The molecule has 0 radical (unpaired) electrons. The molecule has 1 aliphatic carbocycles. The zero-order valence-corrected chi connectivity index (χ0v) is 14.2. The quantitative estimate of drug-likeness (QED) is 0.825. The Labute approximate surface area is 132 Å². The van der Waals surface area contributed by atoms with E-state index < -0.39 is 0 Å². The first-order valence-corrected chi connectivity index (χ1v) is 8.74. The van der Waals surface area contributed by atoms with Crippen LogP contribution in [0.2, 0.25) is 0 Å². The summed E-state index contributed by atoms with van der Waals surface area (Å²) in [4.78, 5) is 6.27. The van der Waals surface area contributed by atoms with Crippen LogP contribution in [0.1, 0.15) is 43.2 Å². The van der Waals surface area contributed by atoms with E-state index in [1.54, 1.807) is 0 Å². The summed E-state index contributed by atoms with van der Waals surface area (Å²) >= 11 is 5.45. The van der Waals surface area contributed by atoms with Crippen molar-refractivity contribution >= 4 is 27.3 Å². The minimum absolute atomic E-state index is 0.471. The summed E-state index contributed by atoms with van der Waals surface area (Å²) < 4.78 is 1.12. The van der Waals surface area contributed by atoms with Crippen LogP contribution in [0.15, 0.2) is 28.7 Å². The van der Waals surface area contributed by atoms with Gasteiger partial charge >= 0.3 is 0 Å². The summed E-state index contributed by atoms with van der Waals surface area (Å²) in [6.45, 7) is 5.40. The topological polar surface area (TPSA) is 24.9 Å². The van der Waals surface area contributed by atoms with E-state index in [9.17, 15) is 0 Å². The fourth-order valence-corrected chi connectivity index (χ4v) is 4.03. The number of benzene rings is 1. The maximum Gasteiger partial charge on any atom is 0.125 e. The zero-order chi connectivity index (χ0) is 14.1.